The first-order chi connectivity index (χ1) is 12.5. The Kier molecular flexibility index (Phi) is 6.55. The van der Waals surface area contributed by atoms with Gasteiger partial charge in [0.15, 0.2) is 0 Å². The monoisotopic (exact) mass is 373 g/mol. The molecular formula is C22H35N3O2. The van der Waals surface area contributed by atoms with Crippen LogP contribution in [0, 0.1) is 11.3 Å². The standard InChI is InChI=1S/C22H35N3O2/c1-15(2)25(21(27)16-8-9-16)14-17-12-18(10-11-19(17)24(6)7)23-20(26)13-22(3,4)5/h10-12,15-16H,8-9,13-14H2,1-7H3,(H,23,26). The zero-order valence-corrected chi connectivity index (χ0v) is 17.9. The molecule has 1 aromatic carbocycles. The van der Waals surface area contributed by atoms with Crippen molar-refractivity contribution < 1.29 is 9.59 Å². The third-order valence-corrected chi connectivity index (χ3v) is 4.71. The van der Waals surface area contributed by atoms with E-state index in [9.17, 15) is 9.59 Å². The summed E-state index contributed by atoms with van der Waals surface area (Å²) in [5, 5.41) is 3.01. The maximum absolute atomic E-state index is 12.7. The molecule has 0 aromatic heterocycles. The van der Waals surface area contributed by atoms with Gasteiger partial charge in [0.25, 0.3) is 0 Å². The molecule has 0 saturated heterocycles. The van der Waals surface area contributed by atoms with Crippen LogP contribution in [0.4, 0.5) is 11.4 Å². The molecule has 2 amide bonds. The lowest BCUT2D eigenvalue weighted by atomic mass is 9.92. The van der Waals surface area contributed by atoms with Gasteiger partial charge < -0.3 is 15.1 Å². The fourth-order valence-corrected chi connectivity index (χ4v) is 3.18. The lowest BCUT2D eigenvalue weighted by Crippen LogP contribution is -2.37. The van der Waals surface area contributed by atoms with E-state index in [1.165, 1.54) is 0 Å². The summed E-state index contributed by atoms with van der Waals surface area (Å²) < 4.78 is 0. The zero-order valence-electron chi connectivity index (χ0n) is 17.9. The van der Waals surface area contributed by atoms with Crippen molar-refractivity contribution in [1.29, 1.82) is 0 Å². The molecule has 1 aliphatic carbocycles. The second kappa shape index (κ2) is 8.32. The van der Waals surface area contributed by atoms with E-state index >= 15 is 0 Å². The highest BCUT2D eigenvalue weighted by Crippen LogP contribution is 2.33. The normalized spacial score (nSPS) is 14.2. The Morgan fingerprint density at radius 3 is 2.30 bits per heavy atom. The summed E-state index contributed by atoms with van der Waals surface area (Å²) in [6, 6.07) is 6.10. The maximum atomic E-state index is 12.7. The van der Waals surface area contributed by atoms with E-state index in [2.05, 4.69) is 44.8 Å². The molecule has 0 heterocycles. The second-order valence-electron chi connectivity index (χ2n) is 9.36. The number of hydrogen-bond acceptors (Lipinski definition) is 3. The second-order valence-corrected chi connectivity index (χ2v) is 9.36. The zero-order chi connectivity index (χ0) is 20.4. The van der Waals surface area contributed by atoms with Gasteiger partial charge in [0.2, 0.25) is 11.8 Å². The van der Waals surface area contributed by atoms with Crippen molar-refractivity contribution in [3.8, 4) is 0 Å². The summed E-state index contributed by atoms with van der Waals surface area (Å²) in [6.07, 6.45) is 2.48. The van der Waals surface area contributed by atoms with Gasteiger partial charge in [0, 0.05) is 50.4 Å². The highest BCUT2D eigenvalue weighted by Gasteiger charge is 2.34. The minimum Gasteiger partial charge on any atom is -0.377 e. The Morgan fingerprint density at radius 1 is 1.19 bits per heavy atom. The quantitative estimate of drug-likeness (QED) is 0.776. The van der Waals surface area contributed by atoms with Gasteiger partial charge in [-0.3, -0.25) is 9.59 Å². The first-order valence-corrected chi connectivity index (χ1v) is 9.88. The van der Waals surface area contributed by atoms with Gasteiger partial charge in [-0.1, -0.05) is 20.8 Å². The van der Waals surface area contributed by atoms with E-state index in [0.717, 1.165) is 29.8 Å². The summed E-state index contributed by atoms with van der Waals surface area (Å²) in [5.41, 5.74) is 2.85. The lowest BCUT2D eigenvalue weighted by molar-refractivity contribution is -0.135. The van der Waals surface area contributed by atoms with Gasteiger partial charge in [-0.2, -0.15) is 0 Å². The van der Waals surface area contributed by atoms with Crippen LogP contribution in [0.3, 0.4) is 0 Å². The molecule has 0 aliphatic heterocycles. The first-order valence-electron chi connectivity index (χ1n) is 9.88. The number of nitrogens with zero attached hydrogens (tertiary/aromatic N) is 2. The molecule has 150 valence electrons. The fourth-order valence-electron chi connectivity index (χ4n) is 3.18. The Bertz CT molecular complexity index is 685. The molecule has 0 atom stereocenters. The number of anilines is 2. The van der Waals surface area contributed by atoms with Crippen molar-refractivity contribution in [2.45, 2.75) is 66.5 Å². The van der Waals surface area contributed by atoms with Crippen molar-refractivity contribution in [3.63, 3.8) is 0 Å². The molecular weight excluding hydrogens is 338 g/mol. The van der Waals surface area contributed by atoms with Gasteiger partial charge in [-0.15, -0.1) is 0 Å². The smallest absolute Gasteiger partial charge is 0.226 e. The van der Waals surface area contributed by atoms with Gasteiger partial charge in [0.05, 0.1) is 0 Å². The third kappa shape index (κ3) is 6.26. The Hall–Kier alpha value is -2.04. The largest absolute Gasteiger partial charge is 0.377 e. The topological polar surface area (TPSA) is 52.7 Å². The molecule has 27 heavy (non-hydrogen) atoms. The predicted octanol–water partition coefficient (Wildman–Crippen LogP) is 4.27. The van der Waals surface area contributed by atoms with Crippen molar-refractivity contribution in [1.82, 2.24) is 4.90 Å². The molecule has 0 spiro atoms. The van der Waals surface area contributed by atoms with Crippen molar-refractivity contribution in [2.24, 2.45) is 11.3 Å². The number of benzene rings is 1. The summed E-state index contributed by atoms with van der Waals surface area (Å²) in [7, 11) is 4.00. The molecule has 1 aromatic rings. The van der Waals surface area contributed by atoms with Crippen LogP contribution in [0.5, 0.6) is 0 Å². The average molecular weight is 374 g/mol. The van der Waals surface area contributed by atoms with Crippen LogP contribution in [0.25, 0.3) is 0 Å². The van der Waals surface area contributed by atoms with E-state index in [1.54, 1.807) is 0 Å². The highest BCUT2D eigenvalue weighted by atomic mass is 16.2. The van der Waals surface area contributed by atoms with Crippen molar-refractivity contribution in [2.75, 3.05) is 24.3 Å². The minimum absolute atomic E-state index is 0.0147. The predicted molar refractivity (Wildman–Crippen MR) is 112 cm³/mol. The SMILES string of the molecule is CC(C)N(Cc1cc(NC(=O)CC(C)(C)C)ccc1N(C)C)C(=O)C1CC1. The number of carbonyl (C=O) groups excluding carboxylic acids is 2. The average Bonchev–Trinajstić information content (AvgIpc) is 3.34. The van der Waals surface area contributed by atoms with Gasteiger partial charge in [0.1, 0.15) is 0 Å². The van der Waals surface area contributed by atoms with Gasteiger partial charge >= 0.3 is 0 Å². The van der Waals surface area contributed by atoms with E-state index < -0.39 is 0 Å². The van der Waals surface area contributed by atoms with Gasteiger partial charge in [-0.05, 0) is 55.9 Å². The minimum atomic E-state index is -0.0540. The Morgan fingerprint density at radius 2 is 1.81 bits per heavy atom. The van der Waals surface area contributed by atoms with Crippen molar-refractivity contribution in [3.05, 3.63) is 23.8 Å². The van der Waals surface area contributed by atoms with Crippen LogP contribution in [0.1, 0.15) is 59.4 Å². The third-order valence-electron chi connectivity index (χ3n) is 4.71. The number of carbonyl (C=O) groups is 2. The van der Waals surface area contributed by atoms with E-state index in [1.807, 2.05) is 37.2 Å². The van der Waals surface area contributed by atoms with Crippen LogP contribution in [0.15, 0.2) is 18.2 Å². The van der Waals surface area contributed by atoms with E-state index in [4.69, 9.17) is 0 Å². The molecule has 0 bridgehead atoms. The molecule has 5 heteroatoms. The van der Waals surface area contributed by atoms with Crippen LogP contribution < -0.4 is 10.2 Å². The van der Waals surface area contributed by atoms with Crippen LogP contribution >= 0.6 is 0 Å². The molecule has 0 unspecified atom stereocenters. The fraction of sp³-hybridized carbons (Fsp3) is 0.636. The maximum Gasteiger partial charge on any atom is 0.226 e. The number of nitrogens with one attached hydrogen (secondary N) is 1. The lowest BCUT2D eigenvalue weighted by Gasteiger charge is -2.29. The van der Waals surface area contributed by atoms with Crippen LogP contribution in [-0.4, -0.2) is 36.9 Å². The molecule has 1 aliphatic rings. The Labute approximate surface area is 164 Å². The summed E-state index contributed by atoms with van der Waals surface area (Å²) in [5.74, 6) is 0.461. The molecule has 1 saturated carbocycles. The number of rotatable bonds is 7. The highest BCUT2D eigenvalue weighted by molar-refractivity contribution is 5.91. The number of hydrogen-bond donors (Lipinski definition) is 1. The summed E-state index contributed by atoms with van der Waals surface area (Å²) >= 11 is 0. The Balaban J connectivity index is 2.23. The molecule has 1 N–H and O–H groups in total. The van der Waals surface area contributed by atoms with Crippen molar-refractivity contribution >= 4 is 23.2 Å². The molecule has 0 radical (unpaired) electrons. The summed E-state index contributed by atoms with van der Waals surface area (Å²) in [4.78, 5) is 29.0. The van der Waals surface area contributed by atoms with E-state index in [-0.39, 0.29) is 29.2 Å². The molecule has 1 fully saturated rings. The van der Waals surface area contributed by atoms with Crippen LogP contribution in [-0.2, 0) is 16.1 Å². The number of amides is 2. The van der Waals surface area contributed by atoms with E-state index in [0.29, 0.717) is 13.0 Å². The first kappa shape index (κ1) is 21.3. The molecule has 5 nitrogen and oxygen atoms in total. The molecule has 2 rings (SSSR count). The van der Waals surface area contributed by atoms with Gasteiger partial charge in [-0.25, -0.2) is 0 Å². The summed E-state index contributed by atoms with van der Waals surface area (Å²) in [6.45, 7) is 10.8. The van der Waals surface area contributed by atoms with Crippen LogP contribution in [0.2, 0.25) is 0 Å².